The van der Waals surface area contributed by atoms with E-state index < -0.39 is 0 Å². The summed E-state index contributed by atoms with van der Waals surface area (Å²) in [4.78, 5) is 13.1. The van der Waals surface area contributed by atoms with Gasteiger partial charge in [-0.3, -0.25) is 4.79 Å². The zero-order valence-corrected chi connectivity index (χ0v) is 8.01. The van der Waals surface area contributed by atoms with Gasteiger partial charge in [0.15, 0.2) is 0 Å². The van der Waals surface area contributed by atoms with Crippen LogP contribution in [0.15, 0.2) is 0 Å². The number of amides is 1. The Morgan fingerprint density at radius 2 is 2.50 bits per heavy atom. The van der Waals surface area contributed by atoms with E-state index in [0.29, 0.717) is 31.4 Å². The van der Waals surface area contributed by atoms with Crippen LogP contribution in [0.5, 0.6) is 0 Å². The number of likely N-dealkylation sites (tertiary alicyclic amines) is 1. The summed E-state index contributed by atoms with van der Waals surface area (Å²) in [5.41, 5.74) is 0. The van der Waals surface area contributed by atoms with Crippen molar-refractivity contribution >= 4 is 17.5 Å². The first-order valence-electron chi connectivity index (χ1n) is 4.10. The van der Waals surface area contributed by atoms with Crippen molar-refractivity contribution in [3.05, 3.63) is 0 Å². The number of carbonyl (C=O) groups excluding carboxylic acids is 1. The molecule has 1 aliphatic rings. The van der Waals surface area contributed by atoms with E-state index >= 15 is 0 Å². The smallest absolute Gasteiger partial charge is 0.223 e. The summed E-state index contributed by atoms with van der Waals surface area (Å²) in [6.45, 7) is 2.11. The number of nitrogens with zero attached hydrogens (tertiary/aromatic N) is 1. The van der Waals surface area contributed by atoms with Crippen molar-refractivity contribution in [3.63, 3.8) is 0 Å². The number of alkyl halides is 1. The lowest BCUT2D eigenvalue weighted by atomic mass is 10.2. The monoisotopic (exact) mass is 191 g/mol. The summed E-state index contributed by atoms with van der Waals surface area (Å²) in [6, 6.07) is 0. The van der Waals surface area contributed by atoms with Gasteiger partial charge in [-0.15, -0.1) is 11.6 Å². The number of hydrogen-bond donors (Lipinski definition) is 0. The predicted molar refractivity (Wildman–Crippen MR) is 47.3 cm³/mol. The Bertz CT molecular complexity index is 163. The Morgan fingerprint density at radius 3 is 3.00 bits per heavy atom. The van der Waals surface area contributed by atoms with Crippen LogP contribution in [-0.2, 0) is 9.53 Å². The summed E-state index contributed by atoms with van der Waals surface area (Å²) in [5.74, 6) is 1.13. The van der Waals surface area contributed by atoms with Crippen molar-refractivity contribution in [1.82, 2.24) is 4.90 Å². The molecule has 1 fully saturated rings. The number of methoxy groups -OCH3 is 1. The van der Waals surface area contributed by atoms with Crippen molar-refractivity contribution in [2.24, 2.45) is 5.92 Å². The molecule has 0 aromatic heterocycles. The summed E-state index contributed by atoms with van der Waals surface area (Å²) >= 11 is 5.66. The van der Waals surface area contributed by atoms with Gasteiger partial charge >= 0.3 is 0 Å². The molecule has 1 aliphatic heterocycles. The van der Waals surface area contributed by atoms with Gasteiger partial charge < -0.3 is 9.64 Å². The number of ether oxygens (including phenoxy) is 1. The topological polar surface area (TPSA) is 29.5 Å². The van der Waals surface area contributed by atoms with Gasteiger partial charge in [0, 0.05) is 32.5 Å². The molecule has 1 unspecified atom stereocenters. The lowest BCUT2D eigenvalue weighted by Crippen LogP contribution is -2.28. The Balaban J connectivity index is 2.31. The van der Waals surface area contributed by atoms with Crippen LogP contribution in [0, 0.1) is 5.92 Å². The third kappa shape index (κ3) is 2.35. The van der Waals surface area contributed by atoms with Gasteiger partial charge in [0.25, 0.3) is 0 Å². The van der Waals surface area contributed by atoms with Gasteiger partial charge in [-0.25, -0.2) is 0 Å². The number of carbonyl (C=O) groups is 1. The zero-order valence-electron chi connectivity index (χ0n) is 7.25. The molecule has 1 rings (SSSR count). The maximum atomic E-state index is 11.3. The highest BCUT2D eigenvalue weighted by molar-refractivity contribution is 6.18. The molecule has 1 amide bonds. The molecule has 12 heavy (non-hydrogen) atoms. The van der Waals surface area contributed by atoms with E-state index in [1.807, 2.05) is 4.90 Å². The highest BCUT2D eigenvalue weighted by atomic mass is 35.5. The van der Waals surface area contributed by atoms with Crippen molar-refractivity contribution in [3.8, 4) is 0 Å². The van der Waals surface area contributed by atoms with Crippen molar-refractivity contribution in [1.29, 1.82) is 0 Å². The maximum Gasteiger partial charge on any atom is 0.223 e. The molecule has 1 atom stereocenters. The van der Waals surface area contributed by atoms with Crippen molar-refractivity contribution in [2.45, 2.75) is 6.42 Å². The standard InChI is InChI=1S/C8H14ClNO2/c1-12-3-2-10-6-7(5-9)4-8(10)11/h7H,2-6H2,1H3. The Kier molecular flexibility index (Phi) is 3.82. The van der Waals surface area contributed by atoms with E-state index in [1.165, 1.54) is 0 Å². The van der Waals surface area contributed by atoms with Crippen LogP contribution in [0.3, 0.4) is 0 Å². The summed E-state index contributed by atoms with van der Waals surface area (Å²) < 4.78 is 4.89. The fourth-order valence-corrected chi connectivity index (χ4v) is 1.58. The van der Waals surface area contributed by atoms with E-state index in [-0.39, 0.29) is 5.91 Å². The molecule has 1 heterocycles. The highest BCUT2D eigenvalue weighted by Gasteiger charge is 2.28. The van der Waals surface area contributed by atoms with Gasteiger partial charge in [0.05, 0.1) is 6.61 Å². The molecule has 0 N–H and O–H groups in total. The van der Waals surface area contributed by atoms with E-state index in [1.54, 1.807) is 7.11 Å². The van der Waals surface area contributed by atoms with E-state index in [9.17, 15) is 4.79 Å². The van der Waals surface area contributed by atoms with Crippen LogP contribution in [0.25, 0.3) is 0 Å². The maximum absolute atomic E-state index is 11.3. The Labute approximate surface area is 77.6 Å². The second-order valence-electron chi connectivity index (χ2n) is 3.06. The minimum Gasteiger partial charge on any atom is -0.383 e. The second-order valence-corrected chi connectivity index (χ2v) is 3.37. The summed E-state index contributed by atoms with van der Waals surface area (Å²) in [6.07, 6.45) is 0.604. The van der Waals surface area contributed by atoms with Crippen LogP contribution in [0.4, 0.5) is 0 Å². The molecule has 1 saturated heterocycles. The average molecular weight is 192 g/mol. The molecule has 4 heteroatoms. The summed E-state index contributed by atoms with van der Waals surface area (Å²) in [7, 11) is 1.64. The van der Waals surface area contributed by atoms with Crippen LogP contribution < -0.4 is 0 Å². The Hall–Kier alpha value is -0.280. The first kappa shape index (κ1) is 9.81. The SMILES string of the molecule is COCCN1CC(CCl)CC1=O. The number of rotatable bonds is 4. The van der Waals surface area contributed by atoms with E-state index in [2.05, 4.69) is 0 Å². The van der Waals surface area contributed by atoms with Gasteiger partial charge in [-0.2, -0.15) is 0 Å². The van der Waals surface area contributed by atoms with Gasteiger partial charge in [0.1, 0.15) is 0 Å². The van der Waals surface area contributed by atoms with Crippen LogP contribution in [-0.4, -0.2) is 43.5 Å². The highest BCUT2D eigenvalue weighted by Crippen LogP contribution is 2.18. The molecule has 70 valence electrons. The molecule has 0 radical (unpaired) electrons. The van der Waals surface area contributed by atoms with Crippen molar-refractivity contribution < 1.29 is 9.53 Å². The third-order valence-electron chi connectivity index (χ3n) is 2.08. The quantitative estimate of drug-likeness (QED) is 0.613. The minimum absolute atomic E-state index is 0.206. The molecule has 0 aliphatic carbocycles. The molecule has 0 saturated carbocycles. The predicted octanol–water partition coefficient (Wildman–Crippen LogP) is 0.720. The lowest BCUT2D eigenvalue weighted by Gasteiger charge is -2.14. The molecule has 0 aromatic rings. The lowest BCUT2D eigenvalue weighted by molar-refractivity contribution is -0.128. The summed E-state index contributed by atoms with van der Waals surface area (Å²) in [5, 5.41) is 0. The number of halogens is 1. The molecular formula is C8H14ClNO2. The fraction of sp³-hybridized carbons (Fsp3) is 0.875. The van der Waals surface area contributed by atoms with Crippen molar-refractivity contribution in [2.75, 3.05) is 32.7 Å². The largest absolute Gasteiger partial charge is 0.383 e. The van der Waals surface area contributed by atoms with E-state index in [4.69, 9.17) is 16.3 Å². The van der Waals surface area contributed by atoms with Crippen LogP contribution in [0.2, 0.25) is 0 Å². The molecule has 0 aromatic carbocycles. The normalized spacial score (nSPS) is 23.7. The third-order valence-corrected chi connectivity index (χ3v) is 2.51. The fourth-order valence-electron chi connectivity index (χ4n) is 1.37. The average Bonchev–Trinajstić information content (AvgIpc) is 2.43. The zero-order chi connectivity index (χ0) is 8.97. The first-order valence-corrected chi connectivity index (χ1v) is 4.64. The van der Waals surface area contributed by atoms with Gasteiger partial charge in [-0.1, -0.05) is 0 Å². The number of hydrogen-bond acceptors (Lipinski definition) is 2. The first-order chi connectivity index (χ1) is 5.77. The van der Waals surface area contributed by atoms with Crippen LogP contribution >= 0.6 is 11.6 Å². The molecule has 0 bridgehead atoms. The van der Waals surface area contributed by atoms with E-state index in [0.717, 1.165) is 6.54 Å². The molecule has 0 spiro atoms. The van der Waals surface area contributed by atoms with Crippen LogP contribution in [0.1, 0.15) is 6.42 Å². The molecule has 3 nitrogen and oxygen atoms in total. The van der Waals surface area contributed by atoms with Gasteiger partial charge in [0.2, 0.25) is 5.91 Å². The Morgan fingerprint density at radius 1 is 1.75 bits per heavy atom. The molecular weight excluding hydrogens is 178 g/mol. The second kappa shape index (κ2) is 4.67. The minimum atomic E-state index is 0.206. The van der Waals surface area contributed by atoms with Gasteiger partial charge in [-0.05, 0) is 5.92 Å².